The number of aliphatic hydroxyl groups excluding tert-OH is 2. The maximum absolute atomic E-state index is 12.4. The third-order valence-corrected chi connectivity index (χ3v) is 4.81. The molecule has 2 amide bonds. The van der Waals surface area contributed by atoms with Crippen LogP contribution in [0, 0.1) is 0 Å². The van der Waals surface area contributed by atoms with E-state index in [1.807, 2.05) is 0 Å². The molecule has 1 fully saturated rings. The molecule has 0 aromatic rings. The molecule has 0 radical (unpaired) electrons. The van der Waals surface area contributed by atoms with E-state index >= 15 is 0 Å². The van der Waals surface area contributed by atoms with Crippen molar-refractivity contribution in [3.05, 3.63) is 0 Å². The maximum atomic E-state index is 12.4. The summed E-state index contributed by atoms with van der Waals surface area (Å²) >= 11 is 0. The normalized spacial score (nSPS) is 29.2. The van der Waals surface area contributed by atoms with Crippen molar-refractivity contribution >= 4 is 11.8 Å². The molecule has 0 aromatic carbocycles. The smallest absolute Gasteiger partial charge is 0.237 e. The van der Waals surface area contributed by atoms with Crippen molar-refractivity contribution in [1.82, 2.24) is 10.6 Å². The summed E-state index contributed by atoms with van der Waals surface area (Å²) in [7, 11) is 0. The van der Waals surface area contributed by atoms with Crippen molar-refractivity contribution in [1.29, 1.82) is 0 Å². The van der Waals surface area contributed by atoms with Gasteiger partial charge in [-0.05, 0) is 26.3 Å². The molecule has 1 saturated heterocycles. The average Bonchev–Trinajstić information content (AvgIpc) is 2.69. The molecule has 0 aliphatic carbocycles. The molecular weight excluding hydrogens is 384 g/mol. The monoisotopic (exact) mass is 420 g/mol. The minimum absolute atomic E-state index is 0.0473. The number of hydrogen-bond donors (Lipinski definition) is 8. The number of amides is 2. The second-order valence-corrected chi connectivity index (χ2v) is 7.13. The van der Waals surface area contributed by atoms with E-state index in [0.29, 0.717) is 19.4 Å². The largest absolute Gasteiger partial charge is 0.388 e. The molecular formula is C17H36N6O6. The van der Waals surface area contributed by atoms with Gasteiger partial charge in [0, 0.05) is 13.1 Å². The second-order valence-electron chi connectivity index (χ2n) is 7.13. The summed E-state index contributed by atoms with van der Waals surface area (Å²) in [4.78, 5) is 23.4. The zero-order chi connectivity index (χ0) is 22.0. The Morgan fingerprint density at radius 1 is 1.21 bits per heavy atom. The molecule has 1 rings (SSSR count). The van der Waals surface area contributed by atoms with Crippen LogP contribution in [0.5, 0.6) is 0 Å². The minimum atomic E-state index is -1.36. The number of primary amides is 1. The first-order valence-corrected chi connectivity index (χ1v) is 9.84. The van der Waals surface area contributed by atoms with Gasteiger partial charge in [0.15, 0.2) is 6.29 Å². The Morgan fingerprint density at radius 3 is 2.48 bits per heavy atom. The predicted molar refractivity (Wildman–Crippen MR) is 105 cm³/mol. The van der Waals surface area contributed by atoms with Crippen LogP contribution in [0.4, 0.5) is 0 Å². The van der Waals surface area contributed by atoms with Crippen LogP contribution in [-0.4, -0.2) is 91.0 Å². The lowest BCUT2D eigenvalue weighted by Crippen LogP contribution is -2.66. The summed E-state index contributed by atoms with van der Waals surface area (Å²) < 4.78 is 11.2. The molecule has 170 valence electrons. The first kappa shape index (κ1) is 25.7. The molecule has 0 spiro atoms. The number of carbonyl (C=O) groups excluding carboxylic acids is 2. The molecule has 29 heavy (non-hydrogen) atoms. The van der Waals surface area contributed by atoms with E-state index in [2.05, 4.69) is 10.6 Å². The second kappa shape index (κ2) is 13.0. The quantitative estimate of drug-likeness (QED) is 0.134. The fourth-order valence-corrected chi connectivity index (χ4v) is 2.88. The number of nitrogens with two attached hydrogens (primary N) is 4. The van der Waals surface area contributed by atoms with Crippen molar-refractivity contribution < 1.29 is 29.3 Å². The molecule has 12 nitrogen and oxygen atoms in total. The number of nitrogens with one attached hydrogen (secondary N) is 2. The standard InChI is InChI=1S/C17H36N6O6/c1-9(15(21)26)22-6-7-28-17-12(14(25)13(24)11(8-19)29-17)23-16(27)10(20)4-2-3-5-18/h9-14,17,22,24-25H,2-8,18-20H2,1H3,(H2,21,26)(H,23,27)/t9-,10-,11+,12+,13+,14+,17-/m0/s1. The fourth-order valence-electron chi connectivity index (χ4n) is 2.88. The fraction of sp³-hybridized carbons (Fsp3) is 0.882. The van der Waals surface area contributed by atoms with Gasteiger partial charge < -0.3 is 53.3 Å². The van der Waals surface area contributed by atoms with Gasteiger partial charge in [-0.1, -0.05) is 6.42 Å². The van der Waals surface area contributed by atoms with E-state index in [1.165, 1.54) is 0 Å². The van der Waals surface area contributed by atoms with Gasteiger partial charge in [0.25, 0.3) is 0 Å². The molecule has 0 saturated carbocycles. The van der Waals surface area contributed by atoms with Gasteiger partial charge in [-0.25, -0.2) is 0 Å². The van der Waals surface area contributed by atoms with E-state index in [0.717, 1.165) is 6.42 Å². The van der Waals surface area contributed by atoms with Crippen LogP contribution in [-0.2, 0) is 19.1 Å². The van der Waals surface area contributed by atoms with Crippen LogP contribution in [0.15, 0.2) is 0 Å². The van der Waals surface area contributed by atoms with Crippen LogP contribution >= 0.6 is 0 Å². The first-order valence-electron chi connectivity index (χ1n) is 9.84. The van der Waals surface area contributed by atoms with E-state index in [4.69, 9.17) is 32.4 Å². The Balaban J connectivity index is 2.69. The highest BCUT2D eigenvalue weighted by Gasteiger charge is 2.45. The Bertz CT molecular complexity index is 513. The Morgan fingerprint density at radius 2 is 1.90 bits per heavy atom. The van der Waals surface area contributed by atoms with Crippen molar-refractivity contribution in [2.75, 3.05) is 26.2 Å². The summed E-state index contributed by atoms with van der Waals surface area (Å²) in [5.41, 5.74) is 22.1. The topological polar surface area (TPSA) is 221 Å². The summed E-state index contributed by atoms with van der Waals surface area (Å²) in [6, 6.07) is -2.39. The van der Waals surface area contributed by atoms with Gasteiger partial charge in [0.1, 0.15) is 24.4 Å². The van der Waals surface area contributed by atoms with Gasteiger partial charge in [-0.3, -0.25) is 9.59 Å². The molecule has 7 atom stereocenters. The SMILES string of the molecule is C[C@H](NCCO[C@H]1O[C@H](CN)[C@@H](O)[C@H](O)[C@H]1NC(=O)[C@@H](N)CCCCN)C(N)=O. The van der Waals surface area contributed by atoms with Gasteiger partial charge in [-0.2, -0.15) is 0 Å². The Kier molecular flexibility index (Phi) is 11.5. The van der Waals surface area contributed by atoms with Crippen LogP contribution in [0.25, 0.3) is 0 Å². The summed E-state index contributed by atoms with van der Waals surface area (Å²) in [5, 5.41) is 26.1. The predicted octanol–water partition coefficient (Wildman–Crippen LogP) is -4.19. The molecule has 1 heterocycles. The highest BCUT2D eigenvalue weighted by atomic mass is 16.7. The van der Waals surface area contributed by atoms with E-state index in [-0.39, 0.29) is 19.7 Å². The third kappa shape index (κ3) is 8.10. The molecule has 1 aliphatic heterocycles. The van der Waals surface area contributed by atoms with Crippen molar-refractivity contribution in [2.24, 2.45) is 22.9 Å². The average molecular weight is 421 g/mol. The van der Waals surface area contributed by atoms with Crippen LogP contribution in [0.1, 0.15) is 26.2 Å². The lowest BCUT2D eigenvalue weighted by atomic mass is 9.96. The molecule has 0 aromatic heterocycles. The van der Waals surface area contributed by atoms with Crippen LogP contribution in [0.2, 0.25) is 0 Å². The zero-order valence-electron chi connectivity index (χ0n) is 16.8. The number of ether oxygens (including phenoxy) is 2. The molecule has 0 bridgehead atoms. The first-order chi connectivity index (χ1) is 13.7. The van der Waals surface area contributed by atoms with Gasteiger partial charge in [0.05, 0.1) is 18.7 Å². The van der Waals surface area contributed by atoms with Crippen molar-refractivity contribution in [3.63, 3.8) is 0 Å². The van der Waals surface area contributed by atoms with Crippen LogP contribution < -0.4 is 33.6 Å². The Labute approximate surface area is 170 Å². The number of rotatable bonds is 13. The van der Waals surface area contributed by atoms with Crippen molar-refractivity contribution in [3.8, 4) is 0 Å². The van der Waals surface area contributed by atoms with Crippen LogP contribution in [0.3, 0.4) is 0 Å². The number of aliphatic hydroxyl groups is 2. The van der Waals surface area contributed by atoms with Gasteiger partial charge >= 0.3 is 0 Å². The molecule has 0 unspecified atom stereocenters. The molecule has 12 heteroatoms. The van der Waals surface area contributed by atoms with E-state index in [9.17, 15) is 19.8 Å². The van der Waals surface area contributed by atoms with E-state index < -0.39 is 54.5 Å². The minimum Gasteiger partial charge on any atom is -0.388 e. The zero-order valence-corrected chi connectivity index (χ0v) is 16.8. The number of unbranched alkanes of at least 4 members (excludes halogenated alkanes) is 1. The lowest BCUT2D eigenvalue weighted by Gasteiger charge is -2.42. The third-order valence-electron chi connectivity index (χ3n) is 4.81. The highest BCUT2D eigenvalue weighted by Crippen LogP contribution is 2.22. The highest BCUT2D eigenvalue weighted by molar-refractivity contribution is 5.81. The lowest BCUT2D eigenvalue weighted by molar-refractivity contribution is -0.261. The summed E-state index contributed by atoms with van der Waals surface area (Å²) in [6.07, 6.45) is -2.72. The van der Waals surface area contributed by atoms with E-state index in [1.54, 1.807) is 6.92 Å². The molecule has 1 aliphatic rings. The summed E-state index contributed by atoms with van der Waals surface area (Å²) in [6.45, 7) is 2.44. The maximum Gasteiger partial charge on any atom is 0.237 e. The Hall–Kier alpha value is -1.38. The number of carbonyl (C=O) groups is 2. The summed E-state index contributed by atoms with van der Waals surface area (Å²) in [5.74, 6) is -1.00. The van der Waals surface area contributed by atoms with Gasteiger partial charge in [0.2, 0.25) is 11.8 Å². The van der Waals surface area contributed by atoms with Crippen molar-refractivity contribution in [2.45, 2.75) is 68.9 Å². The van der Waals surface area contributed by atoms with Gasteiger partial charge in [-0.15, -0.1) is 0 Å². The molecule has 12 N–H and O–H groups in total. The number of hydrogen-bond acceptors (Lipinski definition) is 10.